The van der Waals surface area contributed by atoms with E-state index in [-0.39, 0.29) is 24.0 Å². The molecule has 0 unspecified atom stereocenters. The first-order valence-electron chi connectivity index (χ1n) is 15.6. The molecule has 15 heteroatoms. The van der Waals surface area contributed by atoms with Crippen LogP contribution in [0.1, 0.15) is 22.5 Å². The third-order valence-electron chi connectivity index (χ3n) is 7.32. The number of nitrogens with one attached hydrogen (secondary N) is 1. The van der Waals surface area contributed by atoms with Crippen LogP contribution >= 0.6 is 27.7 Å². The number of thioether (sulfide) groups is 1. The van der Waals surface area contributed by atoms with E-state index in [1.54, 1.807) is 42.6 Å². The van der Waals surface area contributed by atoms with E-state index >= 15 is 0 Å². The molecule has 1 fully saturated rings. The van der Waals surface area contributed by atoms with Gasteiger partial charge in [-0.1, -0.05) is 58.4 Å². The molecule has 0 bridgehead atoms. The number of sulfonamides is 1. The van der Waals surface area contributed by atoms with E-state index in [9.17, 15) is 18.0 Å². The van der Waals surface area contributed by atoms with Gasteiger partial charge in [0.25, 0.3) is 11.8 Å². The minimum Gasteiger partial charge on any atom is -0.489 e. The molecular formula is C37H30BrN5O7S2. The van der Waals surface area contributed by atoms with Gasteiger partial charge < -0.3 is 19.2 Å². The molecule has 0 radical (unpaired) electrons. The summed E-state index contributed by atoms with van der Waals surface area (Å²) >= 11 is 4.61. The Morgan fingerprint density at radius 3 is 2.52 bits per heavy atom. The Morgan fingerprint density at radius 2 is 1.77 bits per heavy atom. The molecule has 1 aliphatic rings. The molecule has 52 heavy (non-hydrogen) atoms. The number of furan rings is 1. The normalized spacial score (nSPS) is 14.7. The van der Waals surface area contributed by atoms with E-state index < -0.39 is 15.9 Å². The van der Waals surface area contributed by atoms with Gasteiger partial charge in [-0.15, -0.1) is 5.10 Å². The van der Waals surface area contributed by atoms with Crippen LogP contribution in [0.5, 0.6) is 11.5 Å². The summed E-state index contributed by atoms with van der Waals surface area (Å²) in [6.45, 7) is 0.199. The first kappa shape index (κ1) is 36.3. The third-order valence-corrected chi connectivity index (χ3v) is 9.74. The van der Waals surface area contributed by atoms with E-state index in [2.05, 4.69) is 31.4 Å². The van der Waals surface area contributed by atoms with Gasteiger partial charge in [0.15, 0.2) is 11.8 Å². The number of primary sulfonamides is 1. The van der Waals surface area contributed by atoms with Gasteiger partial charge >= 0.3 is 0 Å². The molecule has 2 heterocycles. The number of amidine groups is 1. The van der Waals surface area contributed by atoms with Crippen molar-refractivity contribution in [1.29, 1.82) is 0 Å². The Balaban J connectivity index is 1.17. The van der Waals surface area contributed by atoms with Crippen molar-refractivity contribution in [2.75, 3.05) is 11.9 Å². The fourth-order valence-corrected chi connectivity index (χ4v) is 6.64. The Kier molecular flexibility index (Phi) is 11.7. The summed E-state index contributed by atoms with van der Waals surface area (Å²) in [7, 11) is -3.86. The maximum absolute atomic E-state index is 13.7. The Morgan fingerprint density at radius 1 is 0.962 bits per heavy atom. The fraction of sp³-hybridized carbons (Fsp3) is 0.0811. The van der Waals surface area contributed by atoms with Gasteiger partial charge in [0.1, 0.15) is 23.9 Å². The maximum Gasteiger partial charge on any atom is 0.267 e. The van der Waals surface area contributed by atoms with E-state index in [0.717, 1.165) is 27.4 Å². The second kappa shape index (κ2) is 16.7. The zero-order valence-electron chi connectivity index (χ0n) is 27.2. The summed E-state index contributed by atoms with van der Waals surface area (Å²) in [5, 5.41) is 16.8. The summed E-state index contributed by atoms with van der Waals surface area (Å²) < 4.78 is 41.0. The van der Waals surface area contributed by atoms with Crippen molar-refractivity contribution in [3.8, 4) is 11.5 Å². The van der Waals surface area contributed by atoms with E-state index in [4.69, 9.17) is 19.0 Å². The number of rotatable bonds is 13. The molecule has 1 aromatic heterocycles. The lowest BCUT2D eigenvalue weighted by molar-refractivity contribution is -0.122. The quantitative estimate of drug-likeness (QED) is 0.0746. The first-order valence-corrected chi connectivity index (χ1v) is 18.7. The van der Waals surface area contributed by atoms with Gasteiger partial charge in [-0.2, -0.15) is 5.10 Å². The number of benzene rings is 4. The molecule has 0 atom stereocenters. The highest BCUT2D eigenvalue weighted by atomic mass is 79.9. The predicted molar refractivity (Wildman–Crippen MR) is 203 cm³/mol. The highest BCUT2D eigenvalue weighted by molar-refractivity contribution is 9.10. The molecule has 1 aliphatic heterocycles. The molecule has 4 aromatic carbocycles. The largest absolute Gasteiger partial charge is 0.489 e. The highest BCUT2D eigenvalue weighted by Crippen LogP contribution is 2.36. The molecule has 5 aromatic rings. The van der Waals surface area contributed by atoms with Gasteiger partial charge in [-0.3, -0.25) is 14.5 Å². The Hall–Kier alpha value is -5.48. The lowest BCUT2D eigenvalue weighted by Crippen LogP contribution is -2.28. The van der Waals surface area contributed by atoms with Crippen molar-refractivity contribution in [2.24, 2.45) is 15.3 Å². The summed E-state index contributed by atoms with van der Waals surface area (Å²) in [6, 6.07) is 31.4. The molecular weight excluding hydrogens is 770 g/mol. The average molecular weight is 801 g/mol. The molecule has 0 saturated carbocycles. The fourth-order valence-electron chi connectivity index (χ4n) is 4.82. The van der Waals surface area contributed by atoms with Crippen molar-refractivity contribution in [3.63, 3.8) is 0 Å². The van der Waals surface area contributed by atoms with Crippen molar-refractivity contribution in [1.82, 2.24) is 4.90 Å². The number of halogens is 1. The van der Waals surface area contributed by atoms with Crippen molar-refractivity contribution in [2.45, 2.75) is 18.0 Å². The number of ether oxygens (including phenoxy) is 2. The summed E-state index contributed by atoms with van der Waals surface area (Å²) in [6.07, 6.45) is 4.77. The third kappa shape index (κ3) is 9.85. The van der Waals surface area contributed by atoms with E-state index in [0.29, 0.717) is 45.2 Å². The van der Waals surface area contributed by atoms with Crippen molar-refractivity contribution >= 4 is 72.7 Å². The smallest absolute Gasteiger partial charge is 0.267 e. The molecule has 0 aliphatic carbocycles. The lowest BCUT2D eigenvalue weighted by atomic mass is 10.2. The number of nitrogens with two attached hydrogens (primary N) is 1. The zero-order chi connectivity index (χ0) is 36.5. The van der Waals surface area contributed by atoms with Gasteiger partial charge in [0, 0.05) is 15.7 Å². The second-order valence-corrected chi connectivity index (χ2v) is 14.6. The van der Waals surface area contributed by atoms with Crippen LogP contribution in [-0.2, 0) is 32.8 Å². The number of carbonyl (C=O) groups is 2. The van der Waals surface area contributed by atoms with Gasteiger partial charge in [0.05, 0.1) is 28.8 Å². The molecule has 264 valence electrons. The number of hydrogen-bond acceptors (Lipinski definition) is 10. The van der Waals surface area contributed by atoms with E-state index in [1.165, 1.54) is 35.4 Å². The molecule has 1 saturated heterocycles. The average Bonchev–Trinajstić information content (AvgIpc) is 3.75. The van der Waals surface area contributed by atoms with Crippen LogP contribution in [0.4, 0.5) is 5.69 Å². The van der Waals surface area contributed by atoms with Crippen LogP contribution in [-0.4, -0.2) is 43.1 Å². The second-order valence-electron chi connectivity index (χ2n) is 11.1. The zero-order valence-corrected chi connectivity index (χ0v) is 30.4. The standard InChI is InChI=1S/C37H30BrN5O7S2/c38-28-11-16-33(50-24-35(44)41-29-12-14-32(15-13-29)52(39,46)47)27(19-28)20-34-36(45)43(22-31-10-5-17-48-31)37(51-34)42-40-21-26-8-4-9-30(18-26)49-23-25-6-2-1-3-7-25/h1-21H,22-24H2,(H,41,44)(H2,39,46,47)/b34-20-,40-21+,42-37-. The topological polar surface area (TPSA) is 166 Å². The van der Waals surface area contributed by atoms with Crippen molar-refractivity contribution in [3.05, 3.63) is 147 Å². The van der Waals surface area contributed by atoms with Crippen LogP contribution in [0.3, 0.4) is 0 Å². The number of carbonyl (C=O) groups excluding carboxylic acids is 2. The number of anilines is 1. The number of nitrogens with zero attached hydrogens (tertiary/aromatic N) is 3. The molecule has 0 spiro atoms. The van der Waals surface area contributed by atoms with E-state index in [1.807, 2.05) is 54.6 Å². The van der Waals surface area contributed by atoms with Crippen LogP contribution < -0.4 is 19.9 Å². The predicted octanol–water partition coefficient (Wildman–Crippen LogP) is 6.79. The summed E-state index contributed by atoms with van der Waals surface area (Å²) in [5.41, 5.74) is 2.71. The molecule has 3 N–H and O–H groups in total. The Labute approximate surface area is 312 Å². The summed E-state index contributed by atoms with van der Waals surface area (Å²) in [5.74, 6) is 0.782. The minimum absolute atomic E-state index is 0.0774. The first-order chi connectivity index (χ1) is 25.1. The Bertz CT molecular complexity index is 2260. The van der Waals surface area contributed by atoms with Crippen LogP contribution in [0.25, 0.3) is 6.08 Å². The lowest BCUT2D eigenvalue weighted by Gasteiger charge is -2.13. The highest BCUT2D eigenvalue weighted by Gasteiger charge is 2.34. The SMILES string of the molecule is NS(=O)(=O)c1ccc(NC(=O)COc2ccc(Br)cc2/C=C2\S/C(=N\N=C\c3cccc(OCc4ccccc4)c3)N(Cc3ccco3)C2=O)cc1. The van der Waals surface area contributed by atoms with Crippen LogP contribution in [0.2, 0.25) is 0 Å². The number of hydrogen-bond donors (Lipinski definition) is 2. The molecule has 6 rings (SSSR count). The summed E-state index contributed by atoms with van der Waals surface area (Å²) in [4.78, 5) is 28.2. The van der Waals surface area contributed by atoms with Crippen LogP contribution in [0.15, 0.2) is 144 Å². The number of amides is 2. The van der Waals surface area contributed by atoms with Gasteiger partial charge in [-0.25, -0.2) is 13.6 Å². The minimum atomic E-state index is -3.86. The monoisotopic (exact) mass is 799 g/mol. The molecule has 2 amide bonds. The van der Waals surface area contributed by atoms with Crippen molar-refractivity contribution < 1.29 is 31.9 Å². The molecule has 12 nitrogen and oxygen atoms in total. The van der Waals surface area contributed by atoms with Gasteiger partial charge in [-0.05, 0) is 95.7 Å². The maximum atomic E-state index is 13.7. The van der Waals surface area contributed by atoms with Crippen LogP contribution in [0, 0.1) is 0 Å². The van der Waals surface area contributed by atoms with Gasteiger partial charge in [0.2, 0.25) is 10.0 Å².